The van der Waals surface area contributed by atoms with E-state index in [1.54, 1.807) is 36.4 Å². The number of aryl methyl sites for hydroxylation is 1. The van der Waals surface area contributed by atoms with Crippen molar-refractivity contribution in [3.63, 3.8) is 0 Å². The maximum atomic E-state index is 12.2. The van der Waals surface area contributed by atoms with Crippen molar-refractivity contribution in [3.05, 3.63) is 86.9 Å². The Morgan fingerprint density at radius 3 is 2.24 bits per heavy atom. The molecule has 4 nitrogen and oxygen atoms in total. The predicted octanol–water partition coefficient (Wildman–Crippen LogP) is 6.58. The van der Waals surface area contributed by atoms with Crippen molar-refractivity contribution in [2.24, 2.45) is 0 Å². The van der Waals surface area contributed by atoms with Gasteiger partial charge >= 0.3 is 0 Å². The van der Waals surface area contributed by atoms with Gasteiger partial charge in [-0.3, -0.25) is 4.79 Å². The van der Waals surface area contributed by atoms with E-state index in [9.17, 15) is 4.79 Å². The monoisotopic (exact) mass is 448 g/mol. The predicted molar refractivity (Wildman–Crippen MR) is 121 cm³/mol. The molecule has 1 amide bonds. The summed E-state index contributed by atoms with van der Waals surface area (Å²) in [6.07, 6.45) is 0. The lowest BCUT2D eigenvalue weighted by molar-refractivity contribution is -0.118. The van der Waals surface area contributed by atoms with Gasteiger partial charge in [-0.15, -0.1) is 0 Å². The maximum absolute atomic E-state index is 12.2. The van der Waals surface area contributed by atoms with Crippen molar-refractivity contribution in [1.29, 1.82) is 0 Å². The Morgan fingerprint density at radius 2 is 1.55 bits per heavy atom. The molecule has 29 heavy (non-hydrogen) atoms. The molecule has 0 aliphatic heterocycles. The number of ether oxygens (including phenoxy) is 1. The largest absolute Gasteiger partial charge is 0.483 e. The average molecular weight is 450 g/mol. The summed E-state index contributed by atoms with van der Waals surface area (Å²) in [5, 5.41) is 7.69. The van der Waals surface area contributed by atoms with E-state index < -0.39 is 0 Å². The van der Waals surface area contributed by atoms with Gasteiger partial charge in [-0.1, -0.05) is 52.5 Å². The molecule has 0 fully saturated rings. The highest BCUT2D eigenvalue weighted by molar-refractivity contribution is 6.35. The van der Waals surface area contributed by atoms with E-state index in [1.165, 1.54) is 0 Å². The number of rotatable bonds is 7. The number of carbonyl (C=O) groups is 1. The number of nitrogens with one attached hydrogen (secondary N) is 2. The van der Waals surface area contributed by atoms with Crippen molar-refractivity contribution in [3.8, 4) is 5.75 Å². The maximum Gasteiger partial charge on any atom is 0.262 e. The van der Waals surface area contributed by atoms with Gasteiger partial charge in [0.25, 0.3) is 5.91 Å². The van der Waals surface area contributed by atoms with Crippen LogP contribution in [0.5, 0.6) is 5.75 Å². The summed E-state index contributed by atoms with van der Waals surface area (Å²) in [7, 11) is 0. The summed E-state index contributed by atoms with van der Waals surface area (Å²) < 4.78 is 5.72. The molecule has 0 unspecified atom stereocenters. The fourth-order valence-corrected chi connectivity index (χ4v) is 3.38. The molecule has 0 heterocycles. The van der Waals surface area contributed by atoms with Gasteiger partial charge in [-0.05, 0) is 55.5 Å². The Bertz CT molecular complexity index is 987. The third kappa shape index (κ3) is 6.57. The first-order chi connectivity index (χ1) is 13.9. The minimum absolute atomic E-state index is 0.120. The molecule has 7 heteroatoms. The molecule has 3 aromatic rings. The van der Waals surface area contributed by atoms with E-state index in [1.807, 2.05) is 31.2 Å². The highest BCUT2D eigenvalue weighted by Crippen LogP contribution is 2.26. The molecule has 0 aliphatic carbocycles. The van der Waals surface area contributed by atoms with Crippen LogP contribution in [-0.4, -0.2) is 12.5 Å². The zero-order valence-electron chi connectivity index (χ0n) is 15.6. The minimum atomic E-state index is -0.246. The van der Waals surface area contributed by atoms with E-state index in [-0.39, 0.29) is 12.5 Å². The average Bonchev–Trinajstić information content (AvgIpc) is 2.67. The van der Waals surface area contributed by atoms with Crippen LogP contribution >= 0.6 is 34.8 Å². The summed E-state index contributed by atoms with van der Waals surface area (Å²) in [5.41, 5.74) is 3.42. The van der Waals surface area contributed by atoms with Gasteiger partial charge in [-0.2, -0.15) is 0 Å². The summed E-state index contributed by atoms with van der Waals surface area (Å²) in [4.78, 5) is 12.2. The molecule has 0 atom stereocenters. The van der Waals surface area contributed by atoms with E-state index in [2.05, 4.69) is 10.6 Å². The molecule has 150 valence electrons. The van der Waals surface area contributed by atoms with Gasteiger partial charge < -0.3 is 15.4 Å². The van der Waals surface area contributed by atoms with Crippen LogP contribution in [0.4, 0.5) is 11.4 Å². The van der Waals surface area contributed by atoms with Gasteiger partial charge in [0.05, 0.1) is 0 Å². The van der Waals surface area contributed by atoms with Crippen molar-refractivity contribution >= 4 is 52.1 Å². The molecule has 2 N–H and O–H groups in total. The zero-order valence-corrected chi connectivity index (χ0v) is 17.9. The summed E-state index contributed by atoms with van der Waals surface area (Å²) in [5.74, 6) is 0.318. The molecule has 0 bridgehead atoms. The second kappa shape index (κ2) is 9.88. The van der Waals surface area contributed by atoms with Crippen molar-refractivity contribution in [1.82, 2.24) is 0 Å². The first-order valence-corrected chi connectivity index (χ1v) is 10.00. The molecule has 0 spiro atoms. The van der Waals surface area contributed by atoms with Crippen LogP contribution in [0.15, 0.2) is 60.7 Å². The van der Waals surface area contributed by atoms with E-state index in [4.69, 9.17) is 39.5 Å². The molecule has 0 aromatic heterocycles. The third-order valence-corrected chi connectivity index (χ3v) is 4.73. The van der Waals surface area contributed by atoms with E-state index >= 15 is 0 Å². The highest BCUT2D eigenvalue weighted by Gasteiger charge is 2.09. The Hall–Kier alpha value is -2.40. The van der Waals surface area contributed by atoms with Crippen LogP contribution < -0.4 is 15.4 Å². The minimum Gasteiger partial charge on any atom is -0.483 e. The van der Waals surface area contributed by atoms with Crippen molar-refractivity contribution in [2.75, 3.05) is 17.2 Å². The van der Waals surface area contributed by atoms with Crippen LogP contribution in [0.25, 0.3) is 0 Å². The summed E-state index contributed by atoms with van der Waals surface area (Å²) >= 11 is 18.2. The standard InChI is InChI=1S/C22H19Cl3N2O2/c1-14-2-5-19(6-3-14)27-22(28)13-29-21-7-4-16(23)8-15(21)12-26-20-10-17(24)9-18(25)11-20/h2-11,26H,12-13H2,1H3,(H,27,28). The fraction of sp³-hybridized carbons (Fsp3) is 0.136. The van der Waals surface area contributed by atoms with Crippen LogP contribution in [0.3, 0.4) is 0 Å². The number of anilines is 2. The Kier molecular flexibility index (Phi) is 7.26. The van der Waals surface area contributed by atoms with Crippen LogP contribution in [0.1, 0.15) is 11.1 Å². The zero-order chi connectivity index (χ0) is 20.8. The highest BCUT2D eigenvalue weighted by atomic mass is 35.5. The summed E-state index contributed by atoms with van der Waals surface area (Å²) in [6.45, 7) is 2.29. The number of hydrogen-bond acceptors (Lipinski definition) is 3. The van der Waals surface area contributed by atoms with Crippen molar-refractivity contribution in [2.45, 2.75) is 13.5 Å². The number of halogens is 3. The first kappa shape index (κ1) is 21.3. The Morgan fingerprint density at radius 1 is 0.862 bits per heavy atom. The van der Waals surface area contributed by atoms with Crippen molar-refractivity contribution < 1.29 is 9.53 Å². The van der Waals surface area contributed by atoms with Gasteiger partial charge in [0, 0.05) is 38.6 Å². The lowest BCUT2D eigenvalue weighted by Gasteiger charge is -2.14. The first-order valence-electron chi connectivity index (χ1n) is 8.87. The second-order valence-electron chi connectivity index (χ2n) is 6.47. The van der Waals surface area contributed by atoms with Crippen LogP contribution in [-0.2, 0) is 11.3 Å². The fourth-order valence-electron chi connectivity index (χ4n) is 2.66. The van der Waals surface area contributed by atoms with Gasteiger partial charge in [0.1, 0.15) is 5.75 Å². The lowest BCUT2D eigenvalue weighted by Crippen LogP contribution is -2.20. The third-order valence-electron chi connectivity index (χ3n) is 4.06. The second-order valence-corrected chi connectivity index (χ2v) is 7.78. The van der Waals surface area contributed by atoms with Gasteiger partial charge in [0.15, 0.2) is 6.61 Å². The molecule has 3 aromatic carbocycles. The smallest absolute Gasteiger partial charge is 0.262 e. The topological polar surface area (TPSA) is 50.4 Å². The molecule has 3 rings (SSSR count). The summed E-state index contributed by atoms with van der Waals surface area (Å²) in [6, 6.07) is 18.0. The molecular weight excluding hydrogens is 431 g/mol. The SMILES string of the molecule is Cc1ccc(NC(=O)COc2ccc(Cl)cc2CNc2cc(Cl)cc(Cl)c2)cc1. The van der Waals surface area contributed by atoms with Gasteiger partial charge in [-0.25, -0.2) is 0 Å². The lowest BCUT2D eigenvalue weighted by atomic mass is 10.2. The number of carbonyl (C=O) groups excluding carboxylic acids is 1. The van der Waals surface area contributed by atoms with Gasteiger partial charge in [0.2, 0.25) is 0 Å². The normalized spacial score (nSPS) is 10.5. The number of benzene rings is 3. The number of hydrogen-bond donors (Lipinski definition) is 2. The van der Waals surface area contributed by atoms with Crippen LogP contribution in [0, 0.1) is 6.92 Å². The molecule has 0 radical (unpaired) electrons. The number of amides is 1. The van der Waals surface area contributed by atoms with Crippen LogP contribution in [0.2, 0.25) is 15.1 Å². The quantitative estimate of drug-likeness (QED) is 0.428. The van der Waals surface area contributed by atoms with E-state index in [0.29, 0.717) is 27.4 Å². The molecule has 0 saturated heterocycles. The molecule has 0 aliphatic rings. The Labute approximate surface area is 184 Å². The van der Waals surface area contributed by atoms with E-state index in [0.717, 1.165) is 22.5 Å². The Balaban J connectivity index is 1.63. The molecular formula is C22H19Cl3N2O2. The molecule has 0 saturated carbocycles.